The average Bonchev–Trinajstić information content (AvgIpc) is 2.58. The summed E-state index contributed by atoms with van der Waals surface area (Å²) in [6, 6.07) is 10.4. The lowest BCUT2D eigenvalue weighted by atomic mass is 10.2. The Morgan fingerprint density at radius 1 is 1.16 bits per heavy atom. The molecular formula is C16H12Cl2N2O5. The quantitative estimate of drug-likeness (QED) is 0.469. The highest BCUT2D eigenvalue weighted by Crippen LogP contribution is 2.24. The van der Waals surface area contributed by atoms with Crippen LogP contribution in [0.5, 0.6) is 0 Å². The Bertz CT molecular complexity index is 826. The normalized spacial score (nSPS) is 10.2. The molecule has 0 aromatic heterocycles. The van der Waals surface area contributed by atoms with E-state index in [2.05, 4.69) is 5.32 Å². The van der Waals surface area contributed by atoms with Gasteiger partial charge in [0.05, 0.1) is 4.92 Å². The molecule has 1 N–H and O–H groups in total. The Kier molecular flexibility index (Phi) is 6.32. The summed E-state index contributed by atoms with van der Waals surface area (Å²) in [4.78, 5) is 33.7. The largest absolute Gasteiger partial charge is 0.460 e. The van der Waals surface area contributed by atoms with E-state index in [0.717, 1.165) is 6.07 Å². The number of amides is 1. The molecule has 0 radical (unpaired) electrons. The third-order valence-electron chi connectivity index (χ3n) is 3.09. The third kappa shape index (κ3) is 5.44. The molecule has 0 bridgehead atoms. The smallest absolute Gasteiger partial charge is 0.325 e. The van der Waals surface area contributed by atoms with E-state index in [0.29, 0.717) is 10.6 Å². The number of hydrogen-bond acceptors (Lipinski definition) is 5. The van der Waals surface area contributed by atoms with Crippen molar-refractivity contribution in [1.82, 2.24) is 5.32 Å². The lowest BCUT2D eigenvalue weighted by molar-refractivity contribution is -0.384. The number of nitrogens with zero attached hydrogens (tertiary/aromatic N) is 1. The first kappa shape index (κ1) is 18.7. The van der Waals surface area contributed by atoms with Gasteiger partial charge in [-0.2, -0.15) is 0 Å². The lowest BCUT2D eigenvalue weighted by Gasteiger charge is -2.07. The molecule has 0 spiro atoms. The molecule has 0 aliphatic heterocycles. The van der Waals surface area contributed by atoms with Gasteiger partial charge in [-0.3, -0.25) is 19.7 Å². The fourth-order valence-corrected chi connectivity index (χ4v) is 2.29. The van der Waals surface area contributed by atoms with Gasteiger partial charge in [0.15, 0.2) is 0 Å². The first-order chi connectivity index (χ1) is 11.9. The van der Waals surface area contributed by atoms with Crippen LogP contribution in [-0.4, -0.2) is 23.3 Å². The third-order valence-corrected chi connectivity index (χ3v) is 3.64. The van der Waals surface area contributed by atoms with Gasteiger partial charge in [0, 0.05) is 16.7 Å². The molecular weight excluding hydrogens is 371 g/mol. The van der Waals surface area contributed by atoms with E-state index in [4.69, 9.17) is 27.9 Å². The van der Waals surface area contributed by atoms with E-state index in [9.17, 15) is 19.7 Å². The summed E-state index contributed by atoms with van der Waals surface area (Å²) < 4.78 is 5.01. The predicted octanol–water partition coefficient (Wildman–Crippen LogP) is 3.37. The van der Waals surface area contributed by atoms with Crippen molar-refractivity contribution in [1.29, 1.82) is 0 Å². The Morgan fingerprint density at radius 2 is 1.92 bits per heavy atom. The van der Waals surface area contributed by atoms with Crippen molar-refractivity contribution in [3.63, 3.8) is 0 Å². The summed E-state index contributed by atoms with van der Waals surface area (Å²) >= 11 is 11.5. The topological polar surface area (TPSA) is 98.5 Å². The summed E-state index contributed by atoms with van der Waals surface area (Å²) in [5.41, 5.74) is 0.331. The second-order valence-electron chi connectivity index (χ2n) is 4.90. The van der Waals surface area contributed by atoms with Crippen molar-refractivity contribution in [2.45, 2.75) is 6.61 Å². The van der Waals surface area contributed by atoms with Crippen LogP contribution < -0.4 is 5.32 Å². The number of nitrogens with one attached hydrogen (secondary N) is 1. The van der Waals surface area contributed by atoms with Crippen molar-refractivity contribution in [2.75, 3.05) is 6.54 Å². The van der Waals surface area contributed by atoms with Gasteiger partial charge in [-0.1, -0.05) is 35.3 Å². The summed E-state index contributed by atoms with van der Waals surface area (Å²) in [6.07, 6.45) is 0. The zero-order valence-electron chi connectivity index (χ0n) is 12.7. The summed E-state index contributed by atoms with van der Waals surface area (Å²) in [7, 11) is 0. The van der Waals surface area contributed by atoms with Crippen LogP contribution in [0, 0.1) is 10.1 Å². The number of benzene rings is 2. The molecule has 7 nitrogen and oxygen atoms in total. The monoisotopic (exact) mass is 382 g/mol. The minimum absolute atomic E-state index is 0.0127. The maximum Gasteiger partial charge on any atom is 0.325 e. The molecule has 0 fully saturated rings. The second-order valence-corrected chi connectivity index (χ2v) is 5.74. The summed E-state index contributed by atoms with van der Waals surface area (Å²) in [6.45, 7) is -0.364. The molecule has 0 saturated carbocycles. The molecule has 1 amide bonds. The zero-order chi connectivity index (χ0) is 18.4. The van der Waals surface area contributed by atoms with Crippen LogP contribution in [0.4, 0.5) is 5.69 Å². The average molecular weight is 383 g/mol. The van der Waals surface area contributed by atoms with Gasteiger partial charge in [-0.05, 0) is 29.8 Å². The number of ether oxygens (including phenoxy) is 1. The highest BCUT2D eigenvalue weighted by molar-refractivity contribution is 6.32. The van der Waals surface area contributed by atoms with E-state index in [-0.39, 0.29) is 23.7 Å². The number of halogens is 2. The van der Waals surface area contributed by atoms with Gasteiger partial charge in [0.2, 0.25) is 0 Å². The van der Waals surface area contributed by atoms with Gasteiger partial charge in [-0.15, -0.1) is 0 Å². The van der Waals surface area contributed by atoms with Crippen LogP contribution in [0.3, 0.4) is 0 Å². The first-order valence-corrected chi connectivity index (χ1v) is 7.74. The molecule has 2 aromatic rings. The van der Waals surface area contributed by atoms with E-state index in [1.54, 1.807) is 24.3 Å². The SMILES string of the molecule is O=C(CNC(=O)c1ccc(Cl)c([N+](=O)[O-])c1)OCc1cccc(Cl)c1. The zero-order valence-corrected chi connectivity index (χ0v) is 14.2. The number of carbonyl (C=O) groups is 2. The lowest BCUT2D eigenvalue weighted by Crippen LogP contribution is -2.30. The van der Waals surface area contributed by atoms with Gasteiger partial charge in [0.1, 0.15) is 18.2 Å². The van der Waals surface area contributed by atoms with Crippen LogP contribution in [0.1, 0.15) is 15.9 Å². The van der Waals surface area contributed by atoms with E-state index >= 15 is 0 Å². The molecule has 0 atom stereocenters. The molecule has 130 valence electrons. The number of nitro benzene ring substituents is 1. The standard InChI is InChI=1S/C16H12Cl2N2O5/c17-12-3-1-2-10(6-12)9-25-15(21)8-19-16(22)11-4-5-13(18)14(7-11)20(23)24/h1-7H,8-9H2,(H,19,22). The second kappa shape index (κ2) is 8.46. The van der Waals surface area contributed by atoms with Gasteiger partial charge >= 0.3 is 5.97 Å². The predicted molar refractivity (Wildman–Crippen MR) is 91.7 cm³/mol. The van der Waals surface area contributed by atoms with Crippen LogP contribution >= 0.6 is 23.2 Å². The van der Waals surface area contributed by atoms with Crippen LogP contribution in [-0.2, 0) is 16.1 Å². The minimum Gasteiger partial charge on any atom is -0.460 e. The van der Waals surface area contributed by atoms with E-state index in [1.165, 1.54) is 12.1 Å². The Balaban J connectivity index is 1.88. The van der Waals surface area contributed by atoms with E-state index in [1.807, 2.05) is 0 Å². The minimum atomic E-state index is -0.696. The molecule has 0 aliphatic carbocycles. The highest BCUT2D eigenvalue weighted by atomic mass is 35.5. The molecule has 0 unspecified atom stereocenters. The fourth-order valence-electron chi connectivity index (χ4n) is 1.89. The van der Waals surface area contributed by atoms with Crippen molar-refractivity contribution < 1.29 is 19.2 Å². The van der Waals surface area contributed by atoms with E-state index < -0.39 is 22.5 Å². The van der Waals surface area contributed by atoms with Gasteiger partial charge < -0.3 is 10.1 Å². The Morgan fingerprint density at radius 3 is 2.60 bits per heavy atom. The number of esters is 1. The number of rotatable bonds is 6. The van der Waals surface area contributed by atoms with Crippen LogP contribution in [0.25, 0.3) is 0 Å². The summed E-state index contributed by atoms with van der Waals surface area (Å²) in [5, 5.41) is 13.6. The van der Waals surface area contributed by atoms with Gasteiger partial charge in [0.25, 0.3) is 11.6 Å². The van der Waals surface area contributed by atoms with Crippen LogP contribution in [0.2, 0.25) is 10.0 Å². The maximum atomic E-state index is 12.0. The Labute approximate surface area is 152 Å². The highest BCUT2D eigenvalue weighted by Gasteiger charge is 2.17. The van der Waals surface area contributed by atoms with Gasteiger partial charge in [-0.25, -0.2) is 0 Å². The molecule has 25 heavy (non-hydrogen) atoms. The maximum absolute atomic E-state index is 12.0. The Hall–Kier alpha value is -2.64. The molecule has 0 aliphatic rings. The molecule has 9 heteroatoms. The summed E-state index contributed by atoms with van der Waals surface area (Å²) in [5.74, 6) is -1.31. The number of hydrogen-bond donors (Lipinski definition) is 1. The molecule has 0 heterocycles. The molecule has 0 saturated heterocycles. The van der Waals surface area contributed by atoms with Crippen molar-refractivity contribution in [2.24, 2.45) is 0 Å². The number of carbonyl (C=O) groups excluding carboxylic acids is 2. The van der Waals surface area contributed by atoms with Crippen LogP contribution in [0.15, 0.2) is 42.5 Å². The van der Waals surface area contributed by atoms with Crippen molar-refractivity contribution in [3.8, 4) is 0 Å². The fraction of sp³-hybridized carbons (Fsp3) is 0.125. The van der Waals surface area contributed by atoms with Crippen molar-refractivity contribution >= 4 is 40.8 Å². The molecule has 2 aromatic carbocycles. The first-order valence-electron chi connectivity index (χ1n) is 6.99. The number of nitro groups is 1. The van der Waals surface area contributed by atoms with Crippen molar-refractivity contribution in [3.05, 3.63) is 73.8 Å². The molecule has 2 rings (SSSR count).